The number of aryl methyl sites for hydroxylation is 1. The molecule has 27 heavy (non-hydrogen) atoms. The average molecular weight is 379 g/mol. The van der Waals surface area contributed by atoms with Gasteiger partial charge in [-0.2, -0.15) is 0 Å². The minimum atomic E-state index is -0.694. The fraction of sp³-hybridized carbons (Fsp3) is 0.0556. The van der Waals surface area contributed by atoms with Gasteiger partial charge in [0, 0.05) is 23.3 Å². The van der Waals surface area contributed by atoms with Gasteiger partial charge in [0.05, 0.1) is 5.69 Å². The molecule has 4 rings (SSSR count). The van der Waals surface area contributed by atoms with Crippen LogP contribution < -0.4 is 16.4 Å². The van der Waals surface area contributed by atoms with E-state index in [4.69, 9.17) is 0 Å². The number of H-pyrrole nitrogens is 1. The number of benzene rings is 1. The molecule has 2 N–H and O–H groups in total. The van der Waals surface area contributed by atoms with E-state index in [-0.39, 0.29) is 11.5 Å². The molecular formula is C18H13N5O3S. The van der Waals surface area contributed by atoms with Crippen molar-refractivity contribution >= 4 is 28.2 Å². The Hall–Kier alpha value is -3.59. The number of aromatic amines is 1. The third-order valence-corrected chi connectivity index (χ3v) is 4.70. The van der Waals surface area contributed by atoms with Crippen LogP contribution in [0.25, 0.3) is 16.2 Å². The fourth-order valence-electron chi connectivity index (χ4n) is 2.67. The smallest absolute Gasteiger partial charge is 0.271 e. The normalized spacial score (nSPS) is 10.9. The summed E-state index contributed by atoms with van der Waals surface area (Å²) in [5.74, 6) is -0.719. The summed E-state index contributed by atoms with van der Waals surface area (Å²) < 4.78 is 1.40. The van der Waals surface area contributed by atoms with Crippen LogP contribution in [0.2, 0.25) is 0 Å². The molecule has 0 atom stereocenters. The lowest BCUT2D eigenvalue weighted by molar-refractivity contribution is 0.102. The number of hydrogen-bond acceptors (Lipinski definition) is 6. The van der Waals surface area contributed by atoms with E-state index in [0.717, 1.165) is 5.56 Å². The van der Waals surface area contributed by atoms with Crippen LogP contribution in [0.5, 0.6) is 0 Å². The molecule has 0 unspecified atom stereocenters. The summed E-state index contributed by atoms with van der Waals surface area (Å²) in [6.45, 7) is 1.63. The molecule has 0 spiro atoms. The van der Waals surface area contributed by atoms with Crippen molar-refractivity contribution in [2.45, 2.75) is 6.92 Å². The molecular weight excluding hydrogens is 366 g/mol. The Morgan fingerprint density at radius 2 is 2.00 bits per heavy atom. The zero-order valence-electron chi connectivity index (χ0n) is 14.1. The Morgan fingerprint density at radius 3 is 2.74 bits per heavy atom. The highest BCUT2D eigenvalue weighted by Crippen LogP contribution is 2.23. The monoisotopic (exact) mass is 379 g/mol. The van der Waals surface area contributed by atoms with Crippen LogP contribution in [0.4, 0.5) is 5.95 Å². The highest BCUT2D eigenvalue weighted by molar-refractivity contribution is 7.15. The van der Waals surface area contributed by atoms with E-state index in [9.17, 15) is 14.4 Å². The number of nitrogens with one attached hydrogen (secondary N) is 2. The third-order valence-electron chi connectivity index (χ3n) is 3.86. The molecule has 0 aliphatic rings. The molecule has 134 valence electrons. The number of amides is 1. The van der Waals surface area contributed by atoms with Gasteiger partial charge in [-0.1, -0.05) is 30.3 Å². The summed E-state index contributed by atoms with van der Waals surface area (Å²) in [5.41, 5.74) is 0.912. The quantitative estimate of drug-likeness (QED) is 0.566. The zero-order valence-corrected chi connectivity index (χ0v) is 14.9. The molecule has 0 aliphatic carbocycles. The summed E-state index contributed by atoms with van der Waals surface area (Å²) in [6.07, 6.45) is 1.23. The van der Waals surface area contributed by atoms with Crippen molar-refractivity contribution in [1.29, 1.82) is 0 Å². The van der Waals surface area contributed by atoms with Crippen molar-refractivity contribution in [3.63, 3.8) is 0 Å². The molecule has 0 radical (unpaired) electrons. The molecule has 0 saturated carbocycles. The lowest BCUT2D eigenvalue weighted by atomic mass is 10.2. The first-order valence-corrected chi connectivity index (χ1v) is 8.85. The van der Waals surface area contributed by atoms with E-state index in [1.54, 1.807) is 6.92 Å². The molecule has 0 saturated heterocycles. The van der Waals surface area contributed by atoms with E-state index in [1.165, 1.54) is 28.0 Å². The predicted molar refractivity (Wildman–Crippen MR) is 102 cm³/mol. The molecule has 1 amide bonds. The van der Waals surface area contributed by atoms with Crippen LogP contribution in [0.3, 0.4) is 0 Å². The van der Waals surface area contributed by atoms with Crippen LogP contribution >= 0.6 is 11.3 Å². The summed E-state index contributed by atoms with van der Waals surface area (Å²) in [6, 6.07) is 10.7. The summed E-state index contributed by atoms with van der Waals surface area (Å²) >= 11 is 1.31. The molecule has 1 aromatic carbocycles. The van der Waals surface area contributed by atoms with Gasteiger partial charge in [-0.25, -0.2) is 9.97 Å². The van der Waals surface area contributed by atoms with Gasteiger partial charge < -0.3 is 0 Å². The van der Waals surface area contributed by atoms with Crippen LogP contribution in [0.1, 0.15) is 16.1 Å². The van der Waals surface area contributed by atoms with E-state index < -0.39 is 17.0 Å². The highest BCUT2D eigenvalue weighted by Gasteiger charge is 2.18. The van der Waals surface area contributed by atoms with Crippen LogP contribution in [-0.4, -0.2) is 25.3 Å². The van der Waals surface area contributed by atoms with Gasteiger partial charge in [0.1, 0.15) is 5.56 Å². The Labute approximate surface area is 156 Å². The lowest BCUT2D eigenvalue weighted by Crippen LogP contribution is -2.27. The number of thiazole rings is 1. The average Bonchev–Trinajstić information content (AvgIpc) is 3.07. The van der Waals surface area contributed by atoms with E-state index in [1.807, 2.05) is 35.7 Å². The SMILES string of the molecule is Cc1cc(=O)[nH]c(NC(=O)c2cnc3scc(-c4ccccc4)n3c2=O)n1. The van der Waals surface area contributed by atoms with Gasteiger partial charge in [-0.05, 0) is 12.5 Å². The second kappa shape index (κ2) is 6.61. The number of fused-ring (bicyclic) bond motifs is 1. The van der Waals surface area contributed by atoms with Crippen molar-refractivity contribution in [2.75, 3.05) is 5.32 Å². The number of hydrogen-bond donors (Lipinski definition) is 2. The van der Waals surface area contributed by atoms with Gasteiger partial charge in [0.2, 0.25) is 5.95 Å². The first-order chi connectivity index (χ1) is 13.0. The summed E-state index contributed by atoms with van der Waals surface area (Å²) in [5, 5.41) is 4.26. The van der Waals surface area contributed by atoms with Gasteiger partial charge in [-0.3, -0.25) is 29.1 Å². The molecule has 9 heteroatoms. The number of nitrogens with zero attached hydrogens (tertiary/aromatic N) is 3. The maximum atomic E-state index is 12.9. The largest absolute Gasteiger partial charge is 0.292 e. The number of rotatable bonds is 3. The first kappa shape index (κ1) is 16.9. The summed E-state index contributed by atoms with van der Waals surface area (Å²) in [7, 11) is 0. The second-order valence-electron chi connectivity index (χ2n) is 5.77. The van der Waals surface area contributed by atoms with Crippen molar-refractivity contribution in [2.24, 2.45) is 0 Å². The summed E-state index contributed by atoms with van der Waals surface area (Å²) in [4.78, 5) is 48.1. The first-order valence-electron chi connectivity index (χ1n) is 7.97. The molecule has 0 bridgehead atoms. The number of anilines is 1. The van der Waals surface area contributed by atoms with Crippen molar-refractivity contribution in [3.05, 3.63) is 79.9 Å². The molecule has 8 nitrogen and oxygen atoms in total. The Bertz CT molecular complexity index is 1270. The fourth-order valence-corrected chi connectivity index (χ4v) is 3.53. The van der Waals surface area contributed by atoms with Crippen molar-refractivity contribution < 1.29 is 4.79 Å². The third kappa shape index (κ3) is 3.15. The molecule has 3 aromatic heterocycles. The molecule has 3 heterocycles. The van der Waals surface area contributed by atoms with Crippen LogP contribution in [0.15, 0.2) is 57.6 Å². The molecule has 0 aliphatic heterocycles. The predicted octanol–water partition coefficient (Wildman–Crippen LogP) is 2.07. The van der Waals surface area contributed by atoms with Crippen LogP contribution in [-0.2, 0) is 0 Å². The zero-order chi connectivity index (χ0) is 19.0. The number of carbonyl (C=O) groups excluding carboxylic acids is 1. The highest BCUT2D eigenvalue weighted by atomic mass is 32.1. The molecule has 4 aromatic rings. The van der Waals surface area contributed by atoms with Gasteiger partial charge in [-0.15, -0.1) is 11.3 Å². The minimum Gasteiger partial charge on any atom is -0.292 e. The van der Waals surface area contributed by atoms with Gasteiger partial charge >= 0.3 is 0 Å². The lowest BCUT2D eigenvalue weighted by Gasteiger charge is -2.06. The van der Waals surface area contributed by atoms with Crippen molar-refractivity contribution in [3.8, 4) is 11.3 Å². The topological polar surface area (TPSA) is 109 Å². The van der Waals surface area contributed by atoms with Crippen molar-refractivity contribution in [1.82, 2.24) is 19.4 Å². The van der Waals surface area contributed by atoms with E-state index in [0.29, 0.717) is 16.3 Å². The Kier molecular flexibility index (Phi) is 4.13. The minimum absolute atomic E-state index is 0.0249. The maximum Gasteiger partial charge on any atom is 0.271 e. The van der Waals surface area contributed by atoms with Gasteiger partial charge in [0.15, 0.2) is 4.96 Å². The molecule has 0 fully saturated rings. The number of aromatic nitrogens is 4. The Balaban J connectivity index is 1.78. The Morgan fingerprint density at radius 1 is 1.22 bits per heavy atom. The van der Waals surface area contributed by atoms with Gasteiger partial charge in [0.25, 0.3) is 17.0 Å². The van der Waals surface area contributed by atoms with E-state index >= 15 is 0 Å². The van der Waals surface area contributed by atoms with E-state index in [2.05, 4.69) is 20.3 Å². The standard InChI is InChI=1S/C18H13N5O3S/c1-10-7-14(24)21-17(20-10)22-15(25)12-8-19-18-23(16(12)26)13(9-27-18)11-5-3-2-4-6-11/h2-9H,1H3,(H2,20,21,22,24,25). The number of carbonyl (C=O) groups is 1. The maximum absolute atomic E-state index is 12.9. The second-order valence-corrected chi connectivity index (χ2v) is 6.61. The van der Waals surface area contributed by atoms with Crippen LogP contribution in [0, 0.1) is 6.92 Å².